The molecule has 3 N–H and O–H groups in total. The Labute approximate surface area is 180 Å². The van der Waals surface area contributed by atoms with E-state index >= 15 is 0 Å². The molecule has 1 rings (SSSR count). The van der Waals surface area contributed by atoms with E-state index in [0.29, 0.717) is 12.6 Å². The Morgan fingerprint density at radius 2 is 2.04 bits per heavy atom. The zero-order valence-electron chi connectivity index (χ0n) is 17.1. The number of thioether (sulfide) groups is 1. The van der Waals surface area contributed by atoms with Gasteiger partial charge in [-0.2, -0.15) is 11.8 Å². The van der Waals surface area contributed by atoms with Crippen LogP contribution in [0.1, 0.15) is 54.4 Å². The van der Waals surface area contributed by atoms with Gasteiger partial charge in [0, 0.05) is 18.3 Å². The number of nitrogens with one attached hydrogen (secondary N) is 3. The Hall–Kier alpha value is -0.380. The lowest BCUT2D eigenvalue weighted by molar-refractivity contribution is 0.0493. The van der Waals surface area contributed by atoms with E-state index in [1.54, 1.807) is 0 Å². The maximum Gasteiger partial charge on any atom is 0.407 e. The minimum Gasteiger partial charge on any atom is -0.444 e. The highest BCUT2D eigenvalue weighted by molar-refractivity contribution is 14.0. The minimum atomic E-state index is -0.496. The molecule has 1 fully saturated rings. The van der Waals surface area contributed by atoms with E-state index in [2.05, 4.69) is 36.7 Å². The van der Waals surface area contributed by atoms with Gasteiger partial charge in [0.2, 0.25) is 0 Å². The number of hydrogen-bond acceptors (Lipinski definition) is 4. The number of alkyl carbamates (subject to hydrolysis) is 1. The molecule has 0 spiro atoms. The Kier molecular flexibility index (Phi) is 12.7. The van der Waals surface area contributed by atoms with Crippen molar-refractivity contribution in [3.8, 4) is 0 Å². The molecule has 1 aliphatic heterocycles. The van der Waals surface area contributed by atoms with Crippen molar-refractivity contribution in [3.05, 3.63) is 0 Å². The lowest BCUT2D eigenvalue weighted by atomic mass is 10.1. The molecule has 1 amide bonds. The molecular weight excluding hydrogens is 463 g/mol. The lowest BCUT2D eigenvalue weighted by Crippen LogP contribution is -2.47. The molecule has 8 heteroatoms. The van der Waals surface area contributed by atoms with Gasteiger partial charge in [-0.15, -0.1) is 24.0 Å². The topological polar surface area (TPSA) is 74.8 Å². The summed E-state index contributed by atoms with van der Waals surface area (Å²) in [6.07, 6.45) is 2.04. The van der Waals surface area contributed by atoms with E-state index in [0.717, 1.165) is 18.3 Å². The number of nitrogens with zero attached hydrogens (tertiary/aromatic N) is 1. The van der Waals surface area contributed by atoms with Gasteiger partial charge >= 0.3 is 6.09 Å². The fourth-order valence-corrected chi connectivity index (χ4v) is 3.51. The standard InChI is InChI=1S/C18H36N4O2S.HI/c1-7-19-16(21-14-9-8-10-25-12-14)20-11-15(13(2)3)22-17(23)24-18(4,5)6;/h13-15H,7-12H2,1-6H3,(H,22,23)(H2,19,20,21);1H. The molecular formula is C18H37IN4O2S. The molecule has 1 aliphatic rings. The van der Waals surface area contributed by atoms with E-state index in [1.165, 1.54) is 18.6 Å². The molecule has 0 saturated carbocycles. The second-order valence-corrected chi connectivity index (χ2v) is 8.92. The van der Waals surface area contributed by atoms with E-state index < -0.39 is 5.60 Å². The largest absolute Gasteiger partial charge is 0.444 e. The molecule has 0 aliphatic carbocycles. The smallest absolute Gasteiger partial charge is 0.407 e. The molecule has 1 saturated heterocycles. The summed E-state index contributed by atoms with van der Waals surface area (Å²) in [5.74, 6) is 3.46. The van der Waals surface area contributed by atoms with Crippen LogP contribution in [0.2, 0.25) is 0 Å². The molecule has 1 heterocycles. The second kappa shape index (κ2) is 12.9. The first-order chi connectivity index (χ1) is 11.7. The van der Waals surface area contributed by atoms with Crippen LogP contribution in [0.25, 0.3) is 0 Å². The highest BCUT2D eigenvalue weighted by Crippen LogP contribution is 2.16. The number of hydrogen-bond donors (Lipinski definition) is 3. The zero-order chi connectivity index (χ0) is 18.9. The Morgan fingerprint density at radius 1 is 1.35 bits per heavy atom. The summed E-state index contributed by atoms with van der Waals surface area (Å²) in [7, 11) is 0. The fraction of sp³-hybridized carbons (Fsp3) is 0.889. The maximum atomic E-state index is 12.0. The molecule has 2 unspecified atom stereocenters. The summed E-state index contributed by atoms with van der Waals surface area (Å²) in [6.45, 7) is 13.2. The molecule has 26 heavy (non-hydrogen) atoms. The van der Waals surface area contributed by atoms with Crippen molar-refractivity contribution in [1.82, 2.24) is 16.0 Å². The second-order valence-electron chi connectivity index (χ2n) is 7.77. The number of ether oxygens (including phenoxy) is 1. The lowest BCUT2D eigenvalue weighted by Gasteiger charge is -2.26. The maximum absolute atomic E-state index is 12.0. The van der Waals surface area contributed by atoms with Crippen LogP contribution in [0.15, 0.2) is 4.99 Å². The minimum absolute atomic E-state index is 0. The van der Waals surface area contributed by atoms with Gasteiger partial charge in [0.15, 0.2) is 5.96 Å². The highest BCUT2D eigenvalue weighted by atomic mass is 127. The quantitative estimate of drug-likeness (QED) is 0.295. The first-order valence-corrected chi connectivity index (χ1v) is 10.5. The number of rotatable bonds is 6. The summed E-state index contributed by atoms with van der Waals surface area (Å²) in [6, 6.07) is 0.402. The van der Waals surface area contributed by atoms with Crippen molar-refractivity contribution in [2.24, 2.45) is 10.9 Å². The first kappa shape index (κ1) is 25.6. The molecule has 2 atom stereocenters. The summed E-state index contributed by atoms with van der Waals surface area (Å²) in [5, 5.41) is 9.76. The summed E-state index contributed by atoms with van der Waals surface area (Å²) >= 11 is 1.99. The van der Waals surface area contributed by atoms with Crippen molar-refractivity contribution in [3.63, 3.8) is 0 Å². The van der Waals surface area contributed by atoms with Gasteiger partial charge in [0.25, 0.3) is 0 Å². The number of carbonyl (C=O) groups is 1. The van der Waals surface area contributed by atoms with Gasteiger partial charge < -0.3 is 20.7 Å². The third-order valence-corrected chi connectivity index (χ3v) is 5.01. The van der Waals surface area contributed by atoms with E-state index in [1.807, 2.05) is 32.5 Å². The van der Waals surface area contributed by atoms with E-state index in [-0.39, 0.29) is 42.0 Å². The molecule has 0 radical (unpaired) electrons. The number of halogens is 1. The molecule has 6 nitrogen and oxygen atoms in total. The Bertz CT molecular complexity index is 435. The van der Waals surface area contributed by atoms with Crippen LogP contribution >= 0.6 is 35.7 Å². The third kappa shape index (κ3) is 11.4. The number of amides is 1. The Morgan fingerprint density at radius 3 is 2.54 bits per heavy atom. The first-order valence-electron chi connectivity index (χ1n) is 9.33. The van der Waals surface area contributed by atoms with Crippen LogP contribution in [-0.2, 0) is 4.74 Å². The molecule has 0 bridgehead atoms. The van der Waals surface area contributed by atoms with Crippen molar-refractivity contribution >= 4 is 47.8 Å². The predicted octanol–water partition coefficient (Wildman–Crippen LogP) is 3.60. The highest BCUT2D eigenvalue weighted by Gasteiger charge is 2.22. The third-order valence-electron chi connectivity index (χ3n) is 3.80. The van der Waals surface area contributed by atoms with Crippen LogP contribution in [0.5, 0.6) is 0 Å². The van der Waals surface area contributed by atoms with Crippen molar-refractivity contribution in [1.29, 1.82) is 0 Å². The van der Waals surface area contributed by atoms with Gasteiger partial charge in [-0.1, -0.05) is 13.8 Å². The molecule has 154 valence electrons. The Balaban J connectivity index is 0.00000625. The van der Waals surface area contributed by atoms with Crippen LogP contribution < -0.4 is 16.0 Å². The monoisotopic (exact) mass is 500 g/mol. The van der Waals surface area contributed by atoms with Gasteiger partial charge in [-0.25, -0.2) is 4.79 Å². The van der Waals surface area contributed by atoms with E-state index in [4.69, 9.17) is 9.73 Å². The number of carbonyl (C=O) groups excluding carboxylic acids is 1. The van der Waals surface area contributed by atoms with Gasteiger partial charge in [-0.05, 0) is 52.2 Å². The molecule has 0 aromatic carbocycles. The van der Waals surface area contributed by atoms with E-state index in [9.17, 15) is 4.79 Å². The van der Waals surface area contributed by atoms with Crippen molar-refractivity contribution in [2.75, 3.05) is 24.6 Å². The zero-order valence-corrected chi connectivity index (χ0v) is 20.2. The van der Waals surface area contributed by atoms with Gasteiger partial charge in [0.1, 0.15) is 5.60 Å². The normalized spacial score (nSPS) is 19.3. The average Bonchev–Trinajstić information content (AvgIpc) is 2.50. The molecule has 0 aromatic rings. The van der Waals surface area contributed by atoms with Crippen molar-refractivity contribution < 1.29 is 9.53 Å². The fourth-order valence-electron chi connectivity index (χ4n) is 2.44. The SMILES string of the molecule is CCNC(=NCC(NC(=O)OC(C)(C)C)C(C)C)NC1CCCSC1.I. The number of aliphatic imine (C=N–C) groups is 1. The summed E-state index contributed by atoms with van der Waals surface area (Å²) in [4.78, 5) is 16.7. The summed E-state index contributed by atoms with van der Waals surface area (Å²) < 4.78 is 5.36. The van der Waals surface area contributed by atoms with Gasteiger partial charge in [-0.3, -0.25) is 4.99 Å². The average molecular weight is 500 g/mol. The van der Waals surface area contributed by atoms with Crippen molar-refractivity contribution in [2.45, 2.75) is 72.1 Å². The van der Waals surface area contributed by atoms with Gasteiger partial charge in [0.05, 0.1) is 12.6 Å². The van der Waals surface area contributed by atoms with Crippen LogP contribution in [0.4, 0.5) is 4.79 Å². The van der Waals surface area contributed by atoms with Crippen LogP contribution in [0.3, 0.4) is 0 Å². The number of guanidine groups is 1. The summed E-state index contributed by atoms with van der Waals surface area (Å²) in [5.41, 5.74) is -0.496. The van der Waals surface area contributed by atoms with Crippen LogP contribution in [0, 0.1) is 5.92 Å². The van der Waals surface area contributed by atoms with Crippen LogP contribution in [-0.4, -0.2) is 54.3 Å². The molecule has 0 aromatic heterocycles. The predicted molar refractivity (Wildman–Crippen MR) is 123 cm³/mol.